The van der Waals surface area contributed by atoms with Crippen molar-refractivity contribution in [2.45, 2.75) is 26.1 Å². The summed E-state index contributed by atoms with van der Waals surface area (Å²) in [7, 11) is 0. The van der Waals surface area contributed by atoms with Crippen LogP contribution in [0.4, 0.5) is 24.7 Å². The lowest BCUT2D eigenvalue weighted by molar-refractivity contribution is -0.274. The largest absolute Gasteiger partial charge is 0.573 e. The number of alkyl halides is 3. The zero-order valence-corrected chi connectivity index (χ0v) is 14.8. The predicted molar refractivity (Wildman–Crippen MR) is 98.0 cm³/mol. The molecule has 0 spiro atoms. The van der Waals surface area contributed by atoms with Crippen molar-refractivity contribution in [3.8, 4) is 17.0 Å². The molecule has 0 saturated carbocycles. The van der Waals surface area contributed by atoms with Crippen LogP contribution in [-0.2, 0) is 0 Å². The van der Waals surface area contributed by atoms with E-state index in [4.69, 9.17) is 0 Å². The van der Waals surface area contributed by atoms with Crippen molar-refractivity contribution in [1.29, 1.82) is 0 Å². The normalized spacial score (nSPS) is 11.5. The van der Waals surface area contributed by atoms with E-state index in [1.54, 1.807) is 6.07 Å². The Morgan fingerprint density at radius 2 is 1.70 bits per heavy atom. The first-order chi connectivity index (χ1) is 12.8. The van der Waals surface area contributed by atoms with Crippen molar-refractivity contribution < 1.29 is 17.9 Å². The Hall–Kier alpha value is -3.09. The summed E-state index contributed by atoms with van der Waals surface area (Å²) in [6, 6.07) is 15.4. The van der Waals surface area contributed by atoms with E-state index in [1.165, 1.54) is 36.2 Å². The summed E-state index contributed by atoms with van der Waals surface area (Å²) in [5, 5.41) is 3.05. The molecule has 140 valence electrons. The molecule has 7 heteroatoms. The van der Waals surface area contributed by atoms with Crippen LogP contribution in [0.2, 0.25) is 0 Å². The number of rotatable bonds is 5. The van der Waals surface area contributed by atoms with Gasteiger partial charge in [-0.05, 0) is 41.8 Å². The van der Waals surface area contributed by atoms with Crippen LogP contribution >= 0.6 is 0 Å². The van der Waals surface area contributed by atoms with E-state index in [1.807, 2.05) is 12.1 Å². The molecule has 0 radical (unpaired) electrons. The smallest absolute Gasteiger partial charge is 0.406 e. The Bertz CT molecular complexity index is 909. The highest BCUT2D eigenvalue weighted by molar-refractivity contribution is 5.66. The molecule has 3 aromatic rings. The lowest BCUT2D eigenvalue weighted by Crippen LogP contribution is -2.16. The molecular formula is C20H18F3N3O. The van der Waals surface area contributed by atoms with E-state index in [0.29, 0.717) is 17.4 Å². The standard InChI is InChI=1S/C20H18F3N3O/c1-13(2)14-4-3-5-15(10-14)18-11-19(25-12-24-18)26-16-6-8-17(9-7-16)27-20(21,22)23/h3-13H,1-2H3,(H,24,25,26). The Kier molecular flexibility index (Phi) is 5.30. The molecule has 0 atom stereocenters. The quantitative estimate of drug-likeness (QED) is 0.604. The first kappa shape index (κ1) is 18.7. The number of aromatic nitrogens is 2. The van der Waals surface area contributed by atoms with Gasteiger partial charge in [-0.15, -0.1) is 13.2 Å². The van der Waals surface area contributed by atoms with E-state index in [0.717, 1.165) is 11.3 Å². The molecule has 0 aliphatic rings. The lowest BCUT2D eigenvalue weighted by atomic mass is 10.00. The van der Waals surface area contributed by atoms with Crippen molar-refractivity contribution in [1.82, 2.24) is 9.97 Å². The molecule has 1 aromatic heterocycles. The second kappa shape index (κ2) is 7.65. The van der Waals surface area contributed by atoms with E-state index in [-0.39, 0.29) is 5.75 Å². The number of hydrogen-bond donors (Lipinski definition) is 1. The van der Waals surface area contributed by atoms with Gasteiger partial charge in [-0.2, -0.15) is 0 Å². The number of benzene rings is 2. The highest BCUT2D eigenvalue weighted by Crippen LogP contribution is 2.27. The van der Waals surface area contributed by atoms with E-state index >= 15 is 0 Å². The molecule has 0 aliphatic carbocycles. The van der Waals surface area contributed by atoms with Gasteiger partial charge in [0.25, 0.3) is 0 Å². The fourth-order valence-electron chi connectivity index (χ4n) is 2.53. The molecular weight excluding hydrogens is 355 g/mol. The van der Waals surface area contributed by atoms with E-state index < -0.39 is 6.36 Å². The second-order valence-corrected chi connectivity index (χ2v) is 6.27. The third kappa shape index (κ3) is 5.20. The van der Waals surface area contributed by atoms with Gasteiger partial charge in [-0.25, -0.2) is 9.97 Å². The van der Waals surface area contributed by atoms with Crippen molar-refractivity contribution in [3.63, 3.8) is 0 Å². The van der Waals surface area contributed by atoms with Gasteiger partial charge in [0.05, 0.1) is 5.69 Å². The third-order valence-electron chi connectivity index (χ3n) is 3.88. The van der Waals surface area contributed by atoms with Crippen molar-refractivity contribution in [3.05, 3.63) is 66.5 Å². The summed E-state index contributed by atoms with van der Waals surface area (Å²) in [5.41, 5.74) is 3.53. The zero-order chi connectivity index (χ0) is 19.4. The van der Waals surface area contributed by atoms with E-state index in [9.17, 15) is 13.2 Å². The molecule has 4 nitrogen and oxygen atoms in total. The second-order valence-electron chi connectivity index (χ2n) is 6.27. The maximum absolute atomic E-state index is 12.2. The molecule has 2 aromatic carbocycles. The van der Waals surface area contributed by atoms with Crippen LogP contribution < -0.4 is 10.1 Å². The van der Waals surface area contributed by atoms with Crippen molar-refractivity contribution in [2.75, 3.05) is 5.32 Å². The van der Waals surface area contributed by atoms with Crippen LogP contribution in [0.3, 0.4) is 0 Å². The number of ether oxygens (including phenoxy) is 1. The summed E-state index contributed by atoms with van der Waals surface area (Å²) in [5.74, 6) is 0.670. The van der Waals surface area contributed by atoms with Gasteiger partial charge >= 0.3 is 6.36 Å². The Morgan fingerprint density at radius 1 is 0.963 bits per heavy atom. The average molecular weight is 373 g/mol. The molecule has 1 N–H and O–H groups in total. The third-order valence-corrected chi connectivity index (χ3v) is 3.88. The van der Waals surface area contributed by atoms with Gasteiger partial charge in [0.1, 0.15) is 17.9 Å². The van der Waals surface area contributed by atoms with Crippen LogP contribution in [-0.4, -0.2) is 16.3 Å². The maximum atomic E-state index is 12.2. The molecule has 0 bridgehead atoms. The van der Waals surface area contributed by atoms with Gasteiger partial charge in [0.2, 0.25) is 0 Å². The van der Waals surface area contributed by atoms with Crippen LogP contribution in [0.15, 0.2) is 60.9 Å². The summed E-state index contributed by atoms with van der Waals surface area (Å²) >= 11 is 0. The minimum atomic E-state index is -4.71. The first-order valence-electron chi connectivity index (χ1n) is 8.35. The lowest BCUT2D eigenvalue weighted by Gasteiger charge is -2.11. The van der Waals surface area contributed by atoms with Gasteiger partial charge < -0.3 is 10.1 Å². The number of nitrogens with zero attached hydrogens (tertiary/aromatic N) is 2. The average Bonchev–Trinajstić information content (AvgIpc) is 2.62. The number of hydrogen-bond acceptors (Lipinski definition) is 4. The zero-order valence-electron chi connectivity index (χ0n) is 14.8. The number of halogens is 3. The van der Waals surface area contributed by atoms with Gasteiger partial charge in [-0.1, -0.05) is 32.0 Å². The Balaban J connectivity index is 1.77. The van der Waals surface area contributed by atoms with Crippen molar-refractivity contribution >= 4 is 11.5 Å². The van der Waals surface area contributed by atoms with Crippen LogP contribution in [0.5, 0.6) is 5.75 Å². The molecule has 0 saturated heterocycles. The minimum Gasteiger partial charge on any atom is -0.406 e. The molecule has 0 aliphatic heterocycles. The highest BCUT2D eigenvalue weighted by Gasteiger charge is 2.30. The fourth-order valence-corrected chi connectivity index (χ4v) is 2.53. The SMILES string of the molecule is CC(C)c1cccc(-c2cc(Nc3ccc(OC(F)(F)F)cc3)ncn2)c1. The monoisotopic (exact) mass is 373 g/mol. The number of anilines is 2. The summed E-state index contributed by atoms with van der Waals surface area (Å²) in [6.45, 7) is 4.25. The molecule has 0 unspecified atom stereocenters. The Morgan fingerprint density at radius 3 is 2.37 bits per heavy atom. The fraction of sp³-hybridized carbons (Fsp3) is 0.200. The van der Waals surface area contributed by atoms with Gasteiger partial charge in [0, 0.05) is 17.3 Å². The topological polar surface area (TPSA) is 47.0 Å². The number of nitrogens with one attached hydrogen (secondary N) is 1. The molecule has 3 rings (SSSR count). The molecule has 1 heterocycles. The molecule has 27 heavy (non-hydrogen) atoms. The molecule has 0 fully saturated rings. The highest BCUT2D eigenvalue weighted by atomic mass is 19.4. The summed E-state index contributed by atoms with van der Waals surface area (Å²) in [4.78, 5) is 8.48. The maximum Gasteiger partial charge on any atom is 0.573 e. The minimum absolute atomic E-state index is 0.276. The van der Waals surface area contributed by atoms with Crippen LogP contribution in [0, 0.1) is 0 Å². The Labute approximate surface area is 155 Å². The van der Waals surface area contributed by atoms with Gasteiger partial charge in [0.15, 0.2) is 0 Å². The first-order valence-corrected chi connectivity index (χ1v) is 8.35. The summed E-state index contributed by atoms with van der Waals surface area (Å²) < 4.78 is 40.5. The van der Waals surface area contributed by atoms with Gasteiger partial charge in [-0.3, -0.25) is 0 Å². The van der Waals surface area contributed by atoms with Crippen molar-refractivity contribution in [2.24, 2.45) is 0 Å². The summed E-state index contributed by atoms with van der Waals surface area (Å²) in [6.07, 6.45) is -3.26. The predicted octanol–water partition coefficient (Wildman–Crippen LogP) is 5.91. The van der Waals surface area contributed by atoms with Crippen LogP contribution in [0.1, 0.15) is 25.3 Å². The van der Waals surface area contributed by atoms with E-state index in [2.05, 4.69) is 46.0 Å². The van der Waals surface area contributed by atoms with Crippen LogP contribution in [0.25, 0.3) is 11.3 Å². The molecule has 0 amide bonds.